The van der Waals surface area contributed by atoms with E-state index < -0.39 is 5.91 Å². The van der Waals surface area contributed by atoms with E-state index in [1.807, 2.05) is 6.92 Å². The molecule has 0 radical (unpaired) electrons. The molecule has 2 N–H and O–H groups in total. The fourth-order valence-electron chi connectivity index (χ4n) is 1.97. The summed E-state index contributed by atoms with van der Waals surface area (Å²) in [5, 5.41) is 7.12. The molecular weight excluding hydrogens is 377 g/mol. The fraction of sp³-hybridized carbons (Fsp3) is 0.167. The van der Waals surface area contributed by atoms with Gasteiger partial charge in [-0.2, -0.15) is 5.10 Å². The minimum absolute atomic E-state index is 0.223. The van der Waals surface area contributed by atoms with Crippen LogP contribution in [0.15, 0.2) is 47.6 Å². The summed E-state index contributed by atoms with van der Waals surface area (Å²) >= 11 is 12.0. The molecule has 8 heteroatoms. The molecule has 26 heavy (non-hydrogen) atoms. The number of hydrogen-bond acceptors (Lipinski definition) is 4. The van der Waals surface area contributed by atoms with E-state index in [-0.39, 0.29) is 12.5 Å². The van der Waals surface area contributed by atoms with Crippen molar-refractivity contribution in [3.05, 3.63) is 63.6 Å². The van der Waals surface area contributed by atoms with Gasteiger partial charge in [-0.15, -0.1) is 0 Å². The van der Waals surface area contributed by atoms with Gasteiger partial charge in [-0.1, -0.05) is 29.3 Å². The first kappa shape index (κ1) is 19.8. The maximum Gasteiger partial charge on any atom is 0.259 e. The molecule has 0 spiro atoms. The second-order valence-electron chi connectivity index (χ2n) is 5.07. The predicted molar refractivity (Wildman–Crippen MR) is 102 cm³/mol. The van der Waals surface area contributed by atoms with E-state index in [0.717, 1.165) is 0 Å². The first-order chi connectivity index (χ1) is 12.5. The molecule has 0 saturated heterocycles. The number of carbonyl (C=O) groups is 2. The highest BCUT2D eigenvalue weighted by atomic mass is 35.5. The molecule has 0 aliphatic carbocycles. The molecular formula is C18H17Cl2N3O3. The molecule has 0 atom stereocenters. The van der Waals surface area contributed by atoms with Gasteiger partial charge in [0.25, 0.3) is 11.8 Å². The van der Waals surface area contributed by atoms with E-state index in [0.29, 0.717) is 33.5 Å². The van der Waals surface area contributed by atoms with Crippen molar-refractivity contribution >= 4 is 41.2 Å². The largest absolute Gasteiger partial charge is 0.494 e. The zero-order chi connectivity index (χ0) is 18.9. The highest BCUT2D eigenvalue weighted by molar-refractivity contribution is 6.38. The molecule has 0 aliphatic heterocycles. The van der Waals surface area contributed by atoms with Gasteiger partial charge < -0.3 is 10.1 Å². The number of carbonyl (C=O) groups excluding carboxylic acids is 2. The SMILES string of the molecule is CCOc1ccc(C(=O)NCC(=O)N/N=C/c2c(Cl)cccc2Cl)cc1. The number of nitrogens with zero attached hydrogens (tertiary/aromatic N) is 1. The molecule has 2 aromatic rings. The molecule has 0 aromatic heterocycles. The summed E-state index contributed by atoms with van der Waals surface area (Å²) < 4.78 is 5.31. The molecule has 0 aliphatic rings. The van der Waals surface area contributed by atoms with E-state index in [4.69, 9.17) is 27.9 Å². The van der Waals surface area contributed by atoms with Gasteiger partial charge in [-0.05, 0) is 43.3 Å². The third-order valence-corrected chi connectivity index (χ3v) is 3.88. The Balaban J connectivity index is 1.82. The molecule has 0 saturated carbocycles. The number of hydrogen-bond donors (Lipinski definition) is 2. The highest BCUT2D eigenvalue weighted by Gasteiger charge is 2.08. The summed E-state index contributed by atoms with van der Waals surface area (Å²) in [5.74, 6) is -0.181. The monoisotopic (exact) mass is 393 g/mol. The third kappa shape index (κ3) is 5.75. The molecule has 6 nitrogen and oxygen atoms in total. The van der Waals surface area contributed by atoms with E-state index in [1.165, 1.54) is 6.21 Å². The summed E-state index contributed by atoms with van der Waals surface area (Å²) in [4.78, 5) is 23.8. The van der Waals surface area contributed by atoms with Crippen molar-refractivity contribution in [3.8, 4) is 5.75 Å². The Labute approximate surface area is 161 Å². The van der Waals surface area contributed by atoms with E-state index >= 15 is 0 Å². The molecule has 136 valence electrons. The van der Waals surface area contributed by atoms with Gasteiger partial charge in [0.05, 0.1) is 29.4 Å². The molecule has 0 fully saturated rings. The van der Waals surface area contributed by atoms with Crippen molar-refractivity contribution in [1.82, 2.24) is 10.7 Å². The van der Waals surface area contributed by atoms with E-state index in [1.54, 1.807) is 42.5 Å². The van der Waals surface area contributed by atoms with Crippen molar-refractivity contribution in [2.75, 3.05) is 13.2 Å². The lowest BCUT2D eigenvalue weighted by Crippen LogP contribution is -2.34. The predicted octanol–water partition coefficient (Wildman–Crippen LogP) is 3.27. The number of ether oxygens (including phenoxy) is 1. The van der Waals surface area contributed by atoms with Crippen LogP contribution in [0, 0.1) is 0 Å². The van der Waals surface area contributed by atoms with Crippen molar-refractivity contribution in [2.45, 2.75) is 6.92 Å². The molecule has 0 unspecified atom stereocenters. The van der Waals surface area contributed by atoms with Crippen molar-refractivity contribution in [1.29, 1.82) is 0 Å². The summed E-state index contributed by atoms with van der Waals surface area (Å²) in [6.07, 6.45) is 1.34. The lowest BCUT2D eigenvalue weighted by molar-refractivity contribution is -0.120. The van der Waals surface area contributed by atoms with Crippen LogP contribution in [0.1, 0.15) is 22.8 Å². The normalized spacial score (nSPS) is 10.6. The standard InChI is InChI=1S/C18H17Cl2N3O3/c1-2-26-13-8-6-12(7-9-13)18(25)21-11-17(24)23-22-10-14-15(19)4-3-5-16(14)20/h3-10H,2,11H2,1H3,(H,21,25)(H,23,24)/b22-10+. The summed E-state index contributed by atoms with van der Waals surface area (Å²) in [6.45, 7) is 2.20. The number of halogens is 2. The van der Waals surface area contributed by atoms with Crippen LogP contribution in [0.25, 0.3) is 0 Å². The average Bonchev–Trinajstić information content (AvgIpc) is 2.63. The number of amides is 2. The lowest BCUT2D eigenvalue weighted by Gasteiger charge is -2.06. The van der Waals surface area contributed by atoms with Gasteiger partial charge >= 0.3 is 0 Å². The lowest BCUT2D eigenvalue weighted by atomic mass is 10.2. The van der Waals surface area contributed by atoms with Crippen LogP contribution in [0.4, 0.5) is 0 Å². The fourth-order valence-corrected chi connectivity index (χ4v) is 2.47. The molecule has 0 heterocycles. The van der Waals surface area contributed by atoms with Gasteiger partial charge in [0.15, 0.2) is 0 Å². The topological polar surface area (TPSA) is 79.8 Å². The van der Waals surface area contributed by atoms with Gasteiger partial charge in [0.1, 0.15) is 5.75 Å². The van der Waals surface area contributed by atoms with Crippen LogP contribution in [0.5, 0.6) is 5.75 Å². The van der Waals surface area contributed by atoms with E-state index in [9.17, 15) is 9.59 Å². The Morgan fingerprint density at radius 2 is 1.77 bits per heavy atom. The van der Waals surface area contributed by atoms with Crippen LogP contribution in [-0.2, 0) is 4.79 Å². The number of nitrogens with one attached hydrogen (secondary N) is 2. The first-order valence-corrected chi connectivity index (χ1v) is 8.54. The minimum Gasteiger partial charge on any atom is -0.494 e. The second-order valence-corrected chi connectivity index (χ2v) is 5.88. The van der Waals surface area contributed by atoms with Gasteiger partial charge in [0, 0.05) is 11.1 Å². The third-order valence-electron chi connectivity index (χ3n) is 3.22. The van der Waals surface area contributed by atoms with Gasteiger partial charge in [0.2, 0.25) is 0 Å². The Bertz CT molecular complexity index is 788. The molecule has 2 rings (SSSR count). The Kier molecular flexibility index (Phi) is 7.44. The van der Waals surface area contributed by atoms with Crippen LogP contribution < -0.4 is 15.5 Å². The molecule has 2 amide bonds. The van der Waals surface area contributed by atoms with Crippen LogP contribution in [-0.4, -0.2) is 31.2 Å². The zero-order valence-corrected chi connectivity index (χ0v) is 15.5. The van der Waals surface area contributed by atoms with Crippen molar-refractivity contribution in [2.24, 2.45) is 5.10 Å². The summed E-state index contributed by atoms with van der Waals surface area (Å²) in [7, 11) is 0. The Morgan fingerprint density at radius 3 is 2.38 bits per heavy atom. The van der Waals surface area contributed by atoms with E-state index in [2.05, 4.69) is 15.8 Å². The maximum atomic E-state index is 12.0. The van der Waals surface area contributed by atoms with Crippen LogP contribution in [0.2, 0.25) is 10.0 Å². The van der Waals surface area contributed by atoms with Gasteiger partial charge in [-0.25, -0.2) is 5.43 Å². The Morgan fingerprint density at radius 1 is 1.12 bits per heavy atom. The van der Waals surface area contributed by atoms with Crippen molar-refractivity contribution < 1.29 is 14.3 Å². The summed E-state index contributed by atoms with van der Waals surface area (Å²) in [5.41, 5.74) is 3.22. The van der Waals surface area contributed by atoms with Crippen LogP contribution >= 0.6 is 23.2 Å². The number of benzene rings is 2. The summed E-state index contributed by atoms with van der Waals surface area (Å²) in [6, 6.07) is 11.6. The average molecular weight is 394 g/mol. The van der Waals surface area contributed by atoms with Crippen molar-refractivity contribution in [3.63, 3.8) is 0 Å². The van der Waals surface area contributed by atoms with Gasteiger partial charge in [-0.3, -0.25) is 9.59 Å². The second kappa shape index (κ2) is 9.79. The Hall–Kier alpha value is -2.57. The first-order valence-electron chi connectivity index (χ1n) is 7.78. The quantitative estimate of drug-likeness (QED) is 0.559. The number of hydrazone groups is 1. The smallest absolute Gasteiger partial charge is 0.259 e. The molecule has 0 bridgehead atoms. The van der Waals surface area contributed by atoms with Crippen LogP contribution in [0.3, 0.4) is 0 Å². The maximum absolute atomic E-state index is 12.0. The highest BCUT2D eigenvalue weighted by Crippen LogP contribution is 2.21. The zero-order valence-electron chi connectivity index (χ0n) is 14.0. The minimum atomic E-state index is -0.483. The number of rotatable bonds is 7. The molecule has 2 aromatic carbocycles.